The molecular weight excluding hydrogens is 250 g/mol. The lowest BCUT2D eigenvalue weighted by atomic mass is 10.1. The van der Waals surface area contributed by atoms with E-state index in [1.54, 1.807) is 0 Å². The summed E-state index contributed by atoms with van der Waals surface area (Å²) in [4.78, 5) is 14.4. The van der Waals surface area contributed by atoms with E-state index >= 15 is 0 Å². The monoisotopic (exact) mass is 275 g/mol. The van der Waals surface area contributed by atoms with Gasteiger partial charge in [0.05, 0.1) is 6.54 Å². The van der Waals surface area contributed by atoms with Crippen LogP contribution < -0.4 is 10.6 Å². The minimum atomic E-state index is 0.0887. The van der Waals surface area contributed by atoms with Crippen LogP contribution in [-0.4, -0.2) is 43.5 Å². The third kappa shape index (κ3) is 3.58. The van der Waals surface area contributed by atoms with Crippen molar-refractivity contribution in [1.29, 1.82) is 0 Å². The number of nitrogens with one attached hydrogen (secondary N) is 2. The van der Waals surface area contributed by atoms with Gasteiger partial charge in [0.1, 0.15) is 0 Å². The number of nitrogens with zero attached hydrogens (tertiary/aromatic N) is 1. The number of likely N-dealkylation sites (N-methyl/N-ethyl adjacent to an activating group) is 1. The average Bonchev–Trinajstić information content (AvgIpc) is 2.88. The van der Waals surface area contributed by atoms with Crippen molar-refractivity contribution in [1.82, 2.24) is 10.2 Å². The van der Waals surface area contributed by atoms with Crippen LogP contribution >= 0.6 is 0 Å². The molecule has 0 radical (unpaired) electrons. The number of carbonyl (C=O) groups excluding carboxylic acids is 1. The quantitative estimate of drug-likeness (QED) is 0.861. The van der Waals surface area contributed by atoms with Crippen molar-refractivity contribution in [3.8, 4) is 0 Å². The van der Waals surface area contributed by atoms with Gasteiger partial charge in [-0.25, -0.2) is 0 Å². The van der Waals surface area contributed by atoms with Gasteiger partial charge in [0.2, 0.25) is 5.91 Å². The largest absolute Gasteiger partial charge is 0.324 e. The molecule has 1 aliphatic heterocycles. The van der Waals surface area contributed by atoms with Crippen molar-refractivity contribution in [2.24, 2.45) is 0 Å². The third-order valence-corrected chi connectivity index (χ3v) is 4.05. The van der Waals surface area contributed by atoms with Crippen molar-refractivity contribution >= 4 is 11.6 Å². The molecule has 4 heteroatoms. The van der Waals surface area contributed by atoms with E-state index in [9.17, 15) is 4.79 Å². The van der Waals surface area contributed by atoms with E-state index in [0.717, 1.165) is 37.2 Å². The number of likely N-dealkylation sites (tertiary alicyclic amines) is 1. The number of benzene rings is 1. The van der Waals surface area contributed by atoms with E-state index in [1.165, 1.54) is 5.56 Å². The zero-order valence-corrected chi connectivity index (χ0v) is 12.7. The summed E-state index contributed by atoms with van der Waals surface area (Å²) in [6.07, 6.45) is 2.05. The molecule has 1 fully saturated rings. The fraction of sp³-hybridized carbons (Fsp3) is 0.562. The minimum Gasteiger partial charge on any atom is -0.324 e. The zero-order valence-electron chi connectivity index (χ0n) is 12.7. The summed E-state index contributed by atoms with van der Waals surface area (Å²) < 4.78 is 0. The fourth-order valence-electron chi connectivity index (χ4n) is 2.80. The molecular formula is C16H25N3O. The second kappa shape index (κ2) is 6.86. The Hall–Kier alpha value is -1.39. The summed E-state index contributed by atoms with van der Waals surface area (Å²) in [6, 6.07) is 6.69. The Balaban J connectivity index is 1.95. The molecule has 1 aliphatic rings. The van der Waals surface area contributed by atoms with E-state index in [0.29, 0.717) is 12.6 Å². The molecule has 1 saturated heterocycles. The zero-order chi connectivity index (χ0) is 14.5. The van der Waals surface area contributed by atoms with E-state index in [2.05, 4.69) is 28.5 Å². The van der Waals surface area contributed by atoms with Crippen LogP contribution in [0.2, 0.25) is 0 Å². The summed E-state index contributed by atoms with van der Waals surface area (Å²) in [7, 11) is 1.98. The van der Waals surface area contributed by atoms with Crippen molar-refractivity contribution in [3.63, 3.8) is 0 Å². The Morgan fingerprint density at radius 3 is 2.90 bits per heavy atom. The van der Waals surface area contributed by atoms with Crippen LogP contribution in [0.3, 0.4) is 0 Å². The van der Waals surface area contributed by atoms with Crippen molar-refractivity contribution in [2.45, 2.75) is 32.7 Å². The van der Waals surface area contributed by atoms with Crippen LogP contribution in [0.4, 0.5) is 5.69 Å². The Morgan fingerprint density at radius 2 is 2.25 bits per heavy atom. The van der Waals surface area contributed by atoms with Gasteiger partial charge < -0.3 is 10.6 Å². The predicted molar refractivity (Wildman–Crippen MR) is 83.1 cm³/mol. The molecule has 2 rings (SSSR count). The fourth-order valence-corrected chi connectivity index (χ4v) is 2.80. The van der Waals surface area contributed by atoms with Gasteiger partial charge in [0.15, 0.2) is 0 Å². The maximum atomic E-state index is 12.2. The first-order valence-electron chi connectivity index (χ1n) is 7.42. The summed E-state index contributed by atoms with van der Waals surface area (Å²) >= 11 is 0. The lowest BCUT2D eigenvalue weighted by Gasteiger charge is -2.17. The van der Waals surface area contributed by atoms with Crippen molar-refractivity contribution in [2.75, 3.05) is 32.0 Å². The lowest BCUT2D eigenvalue weighted by molar-refractivity contribution is -0.117. The van der Waals surface area contributed by atoms with Crippen LogP contribution in [0.25, 0.3) is 0 Å². The summed E-state index contributed by atoms with van der Waals surface area (Å²) in [5.74, 6) is 0.0887. The summed E-state index contributed by atoms with van der Waals surface area (Å²) in [5.41, 5.74) is 3.32. The number of aryl methyl sites for hydroxylation is 2. The van der Waals surface area contributed by atoms with Gasteiger partial charge in [0, 0.05) is 24.8 Å². The maximum absolute atomic E-state index is 12.2. The molecule has 0 bridgehead atoms. The van der Waals surface area contributed by atoms with Gasteiger partial charge in [0.25, 0.3) is 0 Å². The van der Waals surface area contributed by atoms with Crippen LogP contribution in [-0.2, 0) is 11.2 Å². The highest BCUT2D eigenvalue weighted by molar-refractivity contribution is 5.93. The van der Waals surface area contributed by atoms with E-state index in [-0.39, 0.29) is 5.91 Å². The molecule has 0 aliphatic carbocycles. The molecule has 2 N–H and O–H groups in total. The molecule has 1 amide bonds. The van der Waals surface area contributed by atoms with Gasteiger partial charge in [-0.15, -0.1) is 0 Å². The molecule has 0 aromatic heterocycles. The number of rotatable bonds is 5. The molecule has 0 spiro atoms. The first-order chi connectivity index (χ1) is 9.63. The Kier molecular flexibility index (Phi) is 5.15. The number of para-hydroxylation sites is 1. The number of amides is 1. The summed E-state index contributed by atoms with van der Waals surface area (Å²) in [5, 5.41) is 6.36. The van der Waals surface area contributed by atoms with Gasteiger partial charge in [-0.1, -0.05) is 25.1 Å². The molecule has 1 aromatic rings. The molecule has 1 atom stereocenters. The normalized spacial score (nSPS) is 19.2. The number of hydrogen-bond donors (Lipinski definition) is 2. The average molecular weight is 275 g/mol. The second-order valence-corrected chi connectivity index (χ2v) is 5.52. The molecule has 1 heterocycles. The molecule has 20 heavy (non-hydrogen) atoms. The molecule has 0 saturated carbocycles. The van der Waals surface area contributed by atoms with E-state index in [4.69, 9.17) is 0 Å². The third-order valence-electron chi connectivity index (χ3n) is 4.05. The van der Waals surface area contributed by atoms with Gasteiger partial charge >= 0.3 is 0 Å². The van der Waals surface area contributed by atoms with Crippen molar-refractivity contribution < 1.29 is 4.79 Å². The first-order valence-corrected chi connectivity index (χ1v) is 7.42. The predicted octanol–water partition coefficient (Wildman–Crippen LogP) is 1.79. The van der Waals surface area contributed by atoms with Crippen LogP contribution in [0, 0.1) is 6.92 Å². The molecule has 1 aromatic carbocycles. The van der Waals surface area contributed by atoms with Gasteiger partial charge in [-0.05, 0) is 37.9 Å². The Labute approximate surface area is 121 Å². The minimum absolute atomic E-state index is 0.0887. The van der Waals surface area contributed by atoms with E-state index < -0.39 is 0 Å². The molecule has 4 nitrogen and oxygen atoms in total. The topological polar surface area (TPSA) is 44.4 Å². The highest BCUT2D eigenvalue weighted by atomic mass is 16.2. The number of hydrogen-bond acceptors (Lipinski definition) is 3. The first kappa shape index (κ1) is 15.0. The molecule has 110 valence electrons. The van der Waals surface area contributed by atoms with Crippen molar-refractivity contribution in [3.05, 3.63) is 29.3 Å². The molecule has 1 unspecified atom stereocenters. The SMILES string of the molecule is CCc1cccc(C)c1NC(=O)CN1CCC(NC)C1. The Bertz CT molecular complexity index is 473. The highest BCUT2D eigenvalue weighted by Crippen LogP contribution is 2.21. The number of anilines is 1. The highest BCUT2D eigenvalue weighted by Gasteiger charge is 2.22. The maximum Gasteiger partial charge on any atom is 0.238 e. The smallest absolute Gasteiger partial charge is 0.238 e. The van der Waals surface area contributed by atoms with Crippen LogP contribution in [0.15, 0.2) is 18.2 Å². The Morgan fingerprint density at radius 1 is 1.45 bits per heavy atom. The van der Waals surface area contributed by atoms with Gasteiger partial charge in [-0.2, -0.15) is 0 Å². The lowest BCUT2D eigenvalue weighted by Crippen LogP contribution is -2.35. The second-order valence-electron chi connectivity index (χ2n) is 5.52. The number of carbonyl (C=O) groups is 1. The summed E-state index contributed by atoms with van der Waals surface area (Å²) in [6.45, 7) is 6.59. The van der Waals surface area contributed by atoms with E-state index in [1.807, 2.05) is 26.1 Å². The van der Waals surface area contributed by atoms with Crippen LogP contribution in [0.1, 0.15) is 24.5 Å². The van der Waals surface area contributed by atoms with Gasteiger partial charge in [-0.3, -0.25) is 9.69 Å². The standard InChI is InChI=1S/C16H25N3O/c1-4-13-7-5-6-12(2)16(13)18-15(20)11-19-9-8-14(10-19)17-3/h5-7,14,17H,4,8-11H2,1-3H3,(H,18,20). The van der Waals surface area contributed by atoms with Crippen LogP contribution in [0.5, 0.6) is 0 Å².